The van der Waals surface area contributed by atoms with E-state index in [-0.39, 0.29) is 0 Å². The molecule has 2 heteroatoms. The summed E-state index contributed by atoms with van der Waals surface area (Å²) in [6.45, 7) is 4.58. The normalized spacial score (nSPS) is 12.4. The first-order chi connectivity index (χ1) is 6.91. The van der Waals surface area contributed by atoms with Crippen molar-refractivity contribution in [1.29, 1.82) is 0 Å². The van der Waals surface area contributed by atoms with Gasteiger partial charge in [0.05, 0.1) is 0 Å². The van der Waals surface area contributed by atoms with Gasteiger partial charge >= 0.3 is 0 Å². The Morgan fingerprint density at radius 2 is 1.07 bits per heavy atom. The molecule has 0 rings (SSSR count). The van der Waals surface area contributed by atoms with Crippen LogP contribution in [0.4, 0.5) is 0 Å². The van der Waals surface area contributed by atoms with Crippen LogP contribution < -0.4 is 0 Å². The molecule has 0 saturated carbocycles. The van der Waals surface area contributed by atoms with Crippen molar-refractivity contribution in [2.75, 3.05) is 12.3 Å². The van der Waals surface area contributed by atoms with Crippen molar-refractivity contribution in [1.82, 2.24) is 0 Å². The molecule has 0 heterocycles. The molecule has 0 radical (unpaired) electrons. The fraction of sp³-hybridized carbons (Fsp3) is 1.00. The minimum absolute atomic E-state index is 1.28. The lowest BCUT2D eigenvalue weighted by Gasteiger charge is -2.01. The Balaban J connectivity index is 2.78. The Kier molecular flexibility index (Phi) is 14.7. The van der Waals surface area contributed by atoms with E-state index in [4.69, 9.17) is 0 Å². The van der Waals surface area contributed by atoms with Crippen LogP contribution in [-0.4, -0.2) is 12.3 Å². The van der Waals surface area contributed by atoms with Crippen LogP contribution in [0.25, 0.3) is 0 Å². The van der Waals surface area contributed by atoms with Crippen molar-refractivity contribution in [2.45, 2.75) is 65.2 Å². The maximum absolute atomic E-state index is 2.29. The van der Waals surface area contributed by atoms with E-state index in [1.165, 1.54) is 80.2 Å². The molecule has 0 saturated heterocycles. The molecule has 86 valence electrons. The molecule has 0 spiro atoms. The second kappa shape index (κ2) is 13.9. The van der Waals surface area contributed by atoms with Crippen LogP contribution in [0, 0.1) is 0 Å². The molecule has 0 fully saturated rings. The van der Waals surface area contributed by atoms with Crippen molar-refractivity contribution in [3.8, 4) is 0 Å². The molecule has 2 unspecified atom stereocenters. The molecule has 0 bridgehead atoms. The summed E-state index contributed by atoms with van der Waals surface area (Å²) in [5.41, 5.74) is 0. The zero-order valence-corrected chi connectivity index (χ0v) is 12.1. The lowest BCUT2D eigenvalue weighted by molar-refractivity contribution is 0.627. The second-order valence-corrected chi connectivity index (χ2v) is 7.80. The van der Waals surface area contributed by atoms with Gasteiger partial charge in [0.2, 0.25) is 0 Å². The summed E-state index contributed by atoms with van der Waals surface area (Å²) in [5, 5.41) is 0. The third-order valence-electron chi connectivity index (χ3n) is 2.44. The van der Waals surface area contributed by atoms with Gasteiger partial charge in [-0.3, -0.25) is 0 Å². The first kappa shape index (κ1) is 14.9. The summed E-state index contributed by atoms with van der Waals surface area (Å²) in [4.78, 5) is 0. The van der Waals surface area contributed by atoms with Crippen LogP contribution in [0.3, 0.4) is 0 Å². The van der Waals surface area contributed by atoms with E-state index in [0.717, 1.165) is 0 Å². The number of rotatable bonds is 11. The zero-order valence-electron chi connectivity index (χ0n) is 10.1. The summed E-state index contributed by atoms with van der Waals surface area (Å²) < 4.78 is 0. The molecule has 14 heavy (non-hydrogen) atoms. The van der Waals surface area contributed by atoms with Crippen molar-refractivity contribution in [3.05, 3.63) is 0 Å². The smallest absolute Gasteiger partial charge is 0.0317 e. The second-order valence-electron chi connectivity index (χ2n) is 3.97. The average molecular weight is 234 g/mol. The maximum atomic E-state index is 2.29. The van der Waals surface area contributed by atoms with E-state index in [9.17, 15) is 0 Å². The van der Waals surface area contributed by atoms with Gasteiger partial charge in [0.25, 0.3) is 0 Å². The number of hydrogen-bond donors (Lipinski definition) is 0. The Labute approximate surface area is 94.5 Å². The van der Waals surface area contributed by atoms with Crippen LogP contribution in [0.1, 0.15) is 65.2 Å². The lowest BCUT2D eigenvalue weighted by atomic mass is 10.1. The Morgan fingerprint density at radius 1 is 0.571 bits per heavy atom. The summed E-state index contributed by atoms with van der Waals surface area (Å²) in [7, 11) is 2.56. The van der Waals surface area contributed by atoms with E-state index < -0.39 is 0 Å². The lowest BCUT2D eigenvalue weighted by Crippen LogP contribution is -1.79. The number of hydrogen-bond acceptors (Lipinski definition) is 0. The molecule has 0 amide bonds. The largest absolute Gasteiger partial charge is 0.0992 e. The molecular formula is C12H28P2. The highest BCUT2D eigenvalue weighted by atomic mass is 32.0. The van der Waals surface area contributed by atoms with Gasteiger partial charge in [0.15, 0.2) is 0 Å². The molecule has 2 atom stereocenters. The highest BCUT2D eigenvalue weighted by Crippen LogP contribution is 2.37. The van der Waals surface area contributed by atoms with E-state index >= 15 is 0 Å². The minimum atomic E-state index is 1.28. The zero-order chi connectivity index (χ0) is 10.5. The monoisotopic (exact) mass is 234 g/mol. The van der Waals surface area contributed by atoms with Gasteiger partial charge in [-0.15, -0.1) is 0 Å². The minimum Gasteiger partial charge on any atom is -0.0992 e. The Morgan fingerprint density at radius 3 is 1.71 bits per heavy atom. The Hall–Kier alpha value is 0.860. The summed E-state index contributed by atoms with van der Waals surface area (Å²) in [5.74, 6) is 0. The van der Waals surface area contributed by atoms with Crippen LogP contribution in [0.2, 0.25) is 0 Å². The molecule has 0 aromatic heterocycles. The van der Waals surface area contributed by atoms with Crippen LogP contribution in [-0.2, 0) is 0 Å². The third kappa shape index (κ3) is 12.9. The van der Waals surface area contributed by atoms with Gasteiger partial charge < -0.3 is 0 Å². The van der Waals surface area contributed by atoms with Gasteiger partial charge in [-0.1, -0.05) is 68.9 Å². The number of unbranched alkanes of at least 4 members (excludes halogenated alkanes) is 6. The van der Waals surface area contributed by atoms with Crippen molar-refractivity contribution < 1.29 is 0 Å². The molecule has 0 aromatic carbocycles. The predicted molar refractivity (Wildman–Crippen MR) is 74.6 cm³/mol. The van der Waals surface area contributed by atoms with Gasteiger partial charge in [-0.05, 0) is 25.2 Å². The summed E-state index contributed by atoms with van der Waals surface area (Å²) in [6, 6.07) is 0. The van der Waals surface area contributed by atoms with E-state index in [2.05, 4.69) is 13.8 Å². The molecule has 0 N–H and O–H groups in total. The fourth-order valence-electron chi connectivity index (χ4n) is 1.44. The van der Waals surface area contributed by atoms with E-state index in [1.54, 1.807) is 0 Å². The topological polar surface area (TPSA) is 0 Å². The molecule has 0 aliphatic carbocycles. The molecule has 0 aromatic rings. The van der Waals surface area contributed by atoms with E-state index in [1.807, 2.05) is 0 Å². The first-order valence-electron chi connectivity index (χ1n) is 6.37. The predicted octanol–water partition coefficient (Wildman–Crippen LogP) is 5.42. The third-order valence-corrected chi connectivity index (χ3v) is 6.14. The Bertz CT molecular complexity index is 82.3. The average Bonchev–Trinajstić information content (AvgIpc) is 2.21. The molecular weight excluding hydrogens is 206 g/mol. The highest BCUT2D eigenvalue weighted by molar-refractivity contribution is 8.11. The van der Waals surface area contributed by atoms with Crippen LogP contribution >= 0.6 is 16.5 Å². The molecule has 0 aliphatic heterocycles. The van der Waals surface area contributed by atoms with Crippen molar-refractivity contribution >= 4 is 16.5 Å². The van der Waals surface area contributed by atoms with E-state index in [0.29, 0.717) is 0 Å². The SMILES string of the molecule is CCCCCCCCPPCCCC. The van der Waals surface area contributed by atoms with Crippen molar-refractivity contribution in [2.24, 2.45) is 0 Å². The summed E-state index contributed by atoms with van der Waals surface area (Å²) >= 11 is 0. The van der Waals surface area contributed by atoms with Gasteiger partial charge in [-0.2, -0.15) is 0 Å². The van der Waals surface area contributed by atoms with Crippen LogP contribution in [0.5, 0.6) is 0 Å². The standard InChI is InChI=1S/C12H28P2/c1-3-5-7-8-9-10-12-14-13-11-6-4-2/h13-14H,3-12H2,1-2H3. The quantitative estimate of drug-likeness (QED) is 0.331. The highest BCUT2D eigenvalue weighted by Gasteiger charge is 1.91. The van der Waals surface area contributed by atoms with Crippen molar-refractivity contribution in [3.63, 3.8) is 0 Å². The fourth-order valence-corrected chi connectivity index (χ4v) is 4.87. The maximum Gasteiger partial charge on any atom is -0.0317 e. The molecule has 0 nitrogen and oxygen atoms in total. The first-order valence-corrected chi connectivity index (χ1v) is 9.79. The van der Waals surface area contributed by atoms with Gasteiger partial charge in [0, 0.05) is 0 Å². The molecule has 0 aliphatic rings. The van der Waals surface area contributed by atoms with Crippen LogP contribution in [0.15, 0.2) is 0 Å². The summed E-state index contributed by atoms with van der Waals surface area (Å²) in [6.07, 6.45) is 14.6. The van der Waals surface area contributed by atoms with Gasteiger partial charge in [-0.25, -0.2) is 0 Å². The van der Waals surface area contributed by atoms with Gasteiger partial charge in [0.1, 0.15) is 0 Å².